The largest absolute Gasteiger partial charge is 0.394 e. The zero-order valence-electron chi connectivity index (χ0n) is 9.66. The Bertz CT molecular complexity index is 328. The Hall–Kier alpha value is -0.430. The van der Waals surface area contributed by atoms with Crippen molar-refractivity contribution < 1.29 is 9.84 Å². The minimum atomic E-state index is 0.0759. The molecule has 6 heteroatoms. The van der Waals surface area contributed by atoms with E-state index in [1.165, 1.54) is 0 Å². The third kappa shape index (κ3) is 3.86. The average Bonchev–Trinajstić information content (AvgIpc) is 2.49. The van der Waals surface area contributed by atoms with Crippen molar-refractivity contribution in [2.24, 2.45) is 7.05 Å². The molecule has 0 aliphatic heterocycles. The third-order valence-corrected chi connectivity index (χ3v) is 3.24. The SMILES string of the molecule is Cc1nn(C)c(CNCCOCCO)c1Br. The number of aryl methyl sites for hydroxylation is 2. The third-order valence-electron chi connectivity index (χ3n) is 2.21. The maximum atomic E-state index is 8.51. The lowest BCUT2D eigenvalue weighted by molar-refractivity contribution is 0.0937. The summed E-state index contributed by atoms with van der Waals surface area (Å²) in [7, 11) is 1.93. The van der Waals surface area contributed by atoms with E-state index in [4.69, 9.17) is 9.84 Å². The molecule has 0 unspecified atom stereocenters. The van der Waals surface area contributed by atoms with Crippen LogP contribution in [0.4, 0.5) is 0 Å². The van der Waals surface area contributed by atoms with Gasteiger partial charge in [-0.15, -0.1) is 0 Å². The molecule has 0 spiro atoms. The Labute approximate surface area is 104 Å². The minimum Gasteiger partial charge on any atom is -0.394 e. The molecule has 0 bridgehead atoms. The molecule has 16 heavy (non-hydrogen) atoms. The second-order valence-corrected chi connectivity index (χ2v) is 4.28. The molecular weight excluding hydrogens is 274 g/mol. The van der Waals surface area contributed by atoms with Crippen molar-refractivity contribution in [3.8, 4) is 0 Å². The second-order valence-electron chi connectivity index (χ2n) is 3.48. The highest BCUT2D eigenvalue weighted by atomic mass is 79.9. The highest BCUT2D eigenvalue weighted by Crippen LogP contribution is 2.19. The normalized spacial score (nSPS) is 11.0. The first kappa shape index (κ1) is 13.6. The van der Waals surface area contributed by atoms with Gasteiger partial charge < -0.3 is 15.2 Å². The molecule has 0 aliphatic rings. The summed E-state index contributed by atoms with van der Waals surface area (Å²) in [4.78, 5) is 0. The second kappa shape index (κ2) is 7.01. The van der Waals surface area contributed by atoms with Crippen LogP contribution in [0.2, 0.25) is 0 Å². The summed E-state index contributed by atoms with van der Waals surface area (Å²) in [6, 6.07) is 0. The van der Waals surface area contributed by atoms with E-state index in [2.05, 4.69) is 26.3 Å². The number of aliphatic hydroxyl groups is 1. The number of halogens is 1. The zero-order valence-corrected chi connectivity index (χ0v) is 11.2. The van der Waals surface area contributed by atoms with E-state index in [1.807, 2.05) is 18.7 Å². The van der Waals surface area contributed by atoms with Gasteiger partial charge in [0.1, 0.15) is 0 Å². The lowest BCUT2D eigenvalue weighted by Gasteiger charge is -2.06. The molecule has 1 heterocycles. The fraction of sp³-hybridized carbons (Fsp3) is 0.700. The van der Waals surface area contributed by atoms with Gasteiger partial charge >= 0.3 is 0 Å². The summed E-state index contributed by atoms with van der Waals surface area (Å²) < 4.78 is 8.06. The number of nitrogens with one attached hydrogen (secondary N) is 1. The number of ether oxygens (including phenoxy) is 1. The average molecular weight is 292 g/mol. The van der Waals surface area contributed by atoms with Gasteiger partial charge in [0.25, 0.3) is 0 Å². The highest BCUT2D eigenvalue weighted by Gasteiger charge is 2.09. The monoisotopic (exact) mass is 291 g/mol. The molecule has 0 radical (unpaired) electrons. The van der Waals surface area contributed by atoms with Crippen LogP contribution in [0.3, 0.4) is 0 Å². The van der Waals surface area contributed by atoms with Crippen LogP contribution in [0, 0.1) is 6.92 Å². The molecule has 0 amide bonds. The minimum absolute atomic E-state index is 0.0759. The molecule has 0 aliphatic carbocycles. The molecule has 0 atom stereocenters. The Kier molecular flexibility index (Phi) is 5.97. The highest BCUT2D eigenvalue weighted by molar-refractivity contribution is 9.10. The van der Waals surface area contributed by atoms with Crippen LogP contribution in [0.15, 0.2) is 4.47 Å². The van der Waals surface area contributed by atoms with E-state index in [-0.39, 0.29) is 6.61 Å². The van der Waals surface area contributed by atoms with Crippen molar-refractivity contribution in [3.63, 3.8) is 0 Å². The molecule has 1 aromatic heterocycles. The standard InChI is InChI=1S/C10H18BrN3O2/c1-8-10(11)9(14(2)13-8)7-12-3-5-16-6-4-15/h12,15H,3-7H2,1-2H3. The zero-order chi connectivity index (χ0) is 12.0. The van der Waals surface area contributed by atoms with Crippen molar-refractivity contribution in [1.82, 2.24) is 15.1 Å². The maximum absolute atomic E-state index is 8.51. The van der Waals surface area contributed by atoms with Crippen LogP contribution in [0.5, 0.6) is 0 Å². The molecule has 1 rings (SSSR count). The molecule has 0 fully saturated rings. The van der Waals surface area contributed by atoms with E-state index >= 15 is 0 Å². The summed E-state index contributed by atoms with van der Waals surface area (Å²) in [5.41, 5.74) is 2.12. The maximum Gasteiger partial charge on any atom is 0.0739 e. The van der Waals surface area contributed by atoms with Crippen LogP contribution in [-0.2, 0) is 18.3 Å². The summed E-state index contributed by atoms with van der Waals surface area (Å²) in [6.45, 7) is 4.56. The number of aliphatic hydroxyl groups excluding tert-OH is 1. The van der Waals surface area contributed by atoms with Gasteiger partial charge in [-0.1, -0.05) is 0 Å². The summed E-state index contributed by atoms with van der Waals surface area (Å²) in [5, 5.41) is 16.1. The molecule has 2 N–H and O–H groups in total. The number of aromatic nitrogens is 2. The van der Waals surface area contributed by atoms with E-state index in [0.717, 1.165) is 29.0 Å². The van der Waals surface area contributed by atoms with Crippen LogP contribution >= 0.6 is 15.9 Å². The van der Waals surface area contributed by atoms with E-state index in [1.54, 1.807) is 0 Å². The van der Waals surface area contributed by atoms with Gasteiger partial charge in [0.05, 0.1) is 35.7 Å². The predicted molar refractivity (Wildman–Crippen MR) is 65.3 cm³/mol. The topological polar surface area (TPSA) is 59.3 Å². The molecule has 92 valence electrons. The smallest absolute Gasteiger partial charge is 0.0739 e. The molecule has 0 saturated carbocycles. The molecule has 5 nitrogen and oxygen atoms in total. The van der Waals surface area contributed by atoms with Crippen LogP contribution in [0.25, 0.3) is 0 Å². The molecular formula is C10H18BrN3O2. The first-order valence-corrected chi connectivity index (χ1v) is 6.03. The van der Waals surface area contributed by atoms with Gasteiger partial charge in [0.2, 0.25) is 0 Å². The van der Waals surface area contributed by atoms with Crippen molar-refractivity contribution in [1.29, 1.82) is 0 Å². The molecule has 1 aromatic rings. The van der Waals surface area contributed by atoms with Gasteiger partial charge in [-0.3, -0.25) is 4.68 Å². The first-order chi connectivity index (χ1) is 7.66. The van der Waals surface area contributed by atoms with Crippen LogP contribution in [0.1, 0.15) is 11.4 Å². The lowest BCUT2D eigenvalue weighted by Crippen LogP contribution is -2.21. The Morgan fingerprint density at radius 2 is 2.25 bits per heavy atom. The fourth-order valence-electron chi connectivity index (χ4n) is 1.39. The number of hydrogen-bond donors (Lipinski definition) is 2. The Balaban J connectivity index is 2.26. The van der Waals surface area contributed by atoms with Crippen LogP contribution in [-0.4, -0.2) is 41.3 Å². The molecule has 0 saturated heterocycles. The quantitative estimate of drug-likeness (QED) is 0.722. The van der Waals surface area contributed by atoms with E-state index < -0.39 is 0 Å². The van der Waals surface area contributed by atoms with Crippen molar-refractivity contribution >= 4 is 15.9 Å². The van der Waals surface area contributed by atoms with E-state index in [0.29, 0.717) is 13.2 Å². The number of hydrogen-bond acceptors (Lipinski definition) is 4. The molecule has 0 aromatic carbocycles. The van der Waals surface area contributed by atoms with E-state index in [9.17, 15) is 0 Å². The van der Waals surface area contributed by atoms with Gasteiger partial charge in [-0.2, -0.15) is 5.10 Å². The summed E-state index contributed by atoms with van der Waals surface area (Å²) >= 11 is 3.51. The lowest BCUT2D eigenvalue weighted by atomic mass is 10.3. The Morgan fingerprint density at radius 3 is 2.81 bits per heavy atom. The van der Waals surface area contributed by atoms with Crippen LogP contribution < -0.4 is 5.32 Å². The van der Waals surface area contributed by atoms with Gasteiger partial charge in [0.15, 0.2) is 0 Å². The van der Waals surface area contributed by atoms with Gasteiger partial charge in [-0.05, 0) is 22.9 Å². The number of nitrogens with zero attached hydrogens (tertiary/aromatic N) is 2. The van der Waals surface area contributed by atoms with Crippen molar-refractivity contribution in [3.05, 3.63) is 15.9 Å². The predicted octanol–water partition coefficient (Wildman–Crippen LogP) is 0.590. The fourth-order valence-corrected chi connectivity index (χ4v) is 1.87. The first-order valence-electron chi connectivity index (χ1n) is 5.24. The number of rotatable bonds is 7. The van der Waals surface area contributed by atoms with Crippen molar-refractivity contribution in [2.45, 2.75) is 13.5 Å². The van der Waals surface area contributed by atoms with Crippen molar-refractivity contribution in [2.75, 3.05) is 26.4 Å². The van der Waals surface area contributed by atoms with Gasteiger partial charge in [-0.25, -0.2) is 0 Å². The summed E-state index contributed by atoms with van der Waals surface area (Å²) in [5.74, 6) is 0. The Morgan fingerprint density at radius 1 is 1.50 bits per heavy atom. The van der Waals surface area contributed by atoms with Gasteiger partial charge in [0, 0.05) is 20.1 Å². The summed E-state index contributed by atoms with van der Waals surface area (Å²) in [6.07, 6.45) is 0.